The van der Waals surface area contributed by atoms with Gasteiger partial charge in [-0.3, -0.25) is 0 Å². The van der Waals surface area contributed by atoms with Crippen LogP contribution in [0.15, 0.2) is 36.8 Å². The summed E-state index contributed by atoms with van der Waals surface area (Å²) >= 11 is 1.67. The predicted octanol–water partition coefficient (Wildman–Crippen LogP) is 4.67. The molecule has 0 spiro atoms. The molecule has 0 unspecified atom stereocenters. The molecule has 4 N–H and O–H groups in total. The van der Waals surface area contributed by atoms with Crippen LogP contribution in [-0.4, -0.2) is 32.8 Å². The summed E-state index contributed by atoms with van der Waals surface area (Å²) in [6.07, 6.45) is 11.7. The zero-order chi connectivity index (χ0) is 21.3. The maximum atomic E-state index is 6.20. The van der Waals surface area contributed by atoms with Crippen molar-refractivity contribution >= 4 is 34.8 Å². The molecule has 2 heterocycles. The fourth-order valence-electron chi connectivity index (χ4n) is 3.50. The topological polar surface area (TPSA) is 87.8 Å². The Morgan fingerprint density at radius 1 is 1.43 bits per heavy atom. The first-order chi connectivity index (χ1) is 14.5. The Hall–Kier alpha value is -2.87. The molecule has 30 heavy (non-hydrogen) atoms. The van der Waals surface area contributed by atoms with Gasteiger partial charge in [0.15, 0.2) is 5.82 Å². The Morgan fingerprint density at radius 2 is 2.23 bits per heavy atom. The summed E-state index contributed by atoms with van der Waals surface area (Å²) in [4.78, 5) is 11.9. The van der Waals surface area contributed by atoms with Gasteiger partial charge >= 0.3 is 0 Å². The minimum atomic E-state index is 0.522. The number of imidazole rings is 2. The van der Waals surface area contributed by atoms with Gasteiger partial charge in [-0.05, 0) is 44.2 Å². The molecule has 158 valence electrons. The molecule has 0 radical (unpaired) electrons. The molecule has 1 aliphatic rings. The summed E-state index contributed by atoms with van der Waals surface area (Å²) in [7, 11) is 4.08. The highest BCUT2D eigenvalue weighted by molar-refractivity contribution is 7.99. The molecule has 1 saturated carbocycles. The summed E-state index contributed by atoms with van der Waals surface area (Å²) in [5, 5.41) is 3.64. The number of benzene rings is 1. The molecular weight excluding hydrogens is 394 g/mol. The van der Waals surface area contributed by atoms with Gasteiger partial charge in [0.05, 0.1) is 35.3 Å². The van der Waals surface area contributed by atoms with Crippen molar-refractivity contribution in [1.29, 1.82) is 0 Å². The number of aromatic amines is 1. The number of nitrogen functional groups attached to an aromatic ring is 1. The lowest BCUT2D eigenvalue weighted by atomic mass is 10.1. The van der Waals surface area contributed by atoms with Gasteiger partial charge < -0.3 is 24.9 Å². The molecule has 8 heteroatoms. The maximum absolute atomic E-state index is 6.20. The minimum Gasteiger partial charge on any atom is -0.382 e. The third kappa shape index (κ3) is 4.33. The van der Waals surface area contributed by atoms with Gasteiger partial charge in [-0.25, -0.2) is 9.97 Å². The molecule has 0 atom stereocenters. The van der Waals surface area contributed by atoms with E-state index in [1.807, 2.05) is 31.1 Å². The van der Waals surface area contributed by atoms with E-state index < -0.39 is 0 Å². The second-order valence-electron chi connectivity index (χ2n) is 7.81. The molecule has 1 fully saturated rings. The first-order valence-electron chi connectivity index (χ1n) is 10.1. The van der Waals surface area contributed by atoms with E-state index >= 15 is 0 Å². The van der Waals surface area contributed by atoms with E-state index in [2.05, 4.69) is 62.2 Å². The van der Waals surface area contributed by atoms with Crippen LogP contribution in [0.3, 0.4) is 0 Å². The summed E-state index contributed by atoms with van der Waals surface area (Å²) in [6.45, 7) is 1.92. The van der Waals surface area contributed by atoms with Crippen LogP contribution in [0.1, 0.15) is 30.8 Å². The van der Waals surface area contributed by atoms with Gasteiger partial charge in [-0.2, -0.15) is 0 Å². The zero-order valence-corrected chi connectivity index (χ0v) is 18.8. The van der Waals surface area contributed by atoms with Crippen molar-refractivity contribution in [2.24, 2.45) is 13.0 Å². The van der Waals surface area contributed by atoms with Crippen molar-refractivity contribution in [3.05, 3.63) is 48.3 Å². The van der Waals surface area contributed by atoms with E-state index in [4.69, 9.17) is 5.73 Å². The minimum absolute atomic E-state index is 0.522. The quantitative estimate of drug-likeness (QED) is 0.457. The highest BCUT2D eigenvalue weighted by Gasteiger charge is 2.21. The van der Waals surface area contributed by atoms with E-state index in [0.717, 1.165) is 52.2 Å². The van der Waals surface area contributed by atoms with Gasteiger partial charge in [-0.15, -0.1) is 0 Å². The first kappa shape index (κ1) is 20.4. The fraction of sp³-hybridized carbons (Fsp3) is 0.364. The third-order valence-corrected chi connectivity index (χ3v) is 6.21. The number of hydrogen-bond donors (Lipinski definition) is 3. The molecule has 2 aromatic heterocycles. The average Bonchev–Trinajstić information content (AvgIpc) is 3.37. The van der Waals surface area contributed by atoms with Gasteiger partial charge in [0, 0.05) is 25.9 Å². The second kappa shape index (κ2) is 8.47. The predicted molar refractivity (Wildman–Crippen MR) is 127 cm³/mol. The number of anilines is 3. The van der Waals surface area contributed by atoms with Gasteiger partial charge in [-0.1, -0.05) is 24.1 Å². The van der Waals surface area contributed by atoms with Crippen LogP contribution in [0, 0.1) is 12.8 Å². The van der Waals surface area contributed by atoms with Crippen molar-refractivity contribution in [1.82, 2.24) is 19.5 Å². The number of nitrogens with two attached hydrogens (primary N) is 1. The lowest BCUT2D eigenvalue weighted by Gasteiger charge is -2.22. The SMILES string of the molecule is CSN(C)c1cc(-c2cncn2C)ccc1N/C(=C/CC1CC1)c1[nH]c(C)nc1N. The molecule has 7 nitrogen and oxygen atoms in total. The Kier molecular flexibility index (Phi) is 5.76. The van der Waals surface area contributed by atoms with Crippen molar-refractivity contribution in [2.45, 2.75) is 26.2 Å². The molecule has 1 aliphatic carbocycles. The smallest absolute Gasteiger partial charge is 0.151 e. The van der Waals surface area contributed by atoms with Crippen LogP contribution < -0.4 is 15.4 Å². The van der Waals surface area contributed by atoms with Gasteiger partial charge in [0.25, 0.3) is 0 Å². The second-order valence-corrected chi connectivity index (χ2v) is 8.72. The monoisotopic (exact) mass is 423 g/mol. The molecular formula is C22H29N7S. The molecule has 4 rings (SSSR count). The van der Waals surface area contributed by atoms with Crippen molar-refractivity contribution in [3.8, 4) is 11.3 Å². The molecule has 3 aromatic rings. The van der Waals surface area contributed by atoms with Gasteiger partial charge in [0.2, 0.25) is 0 Å². The molecule has 0 aliphatic heterocycles. The Morgan fingerprint density at radius 3 is 2.83 bits per heavy atom. The number of nitrogens with zero attached hydrogens (tertiary/aromatic N) is 4. The van der Waals surface area contributed by atoms with Crippen molar-refractivity contribution < 1.29 is 0 Å². The van der Waals surface area contributed by atoms with E-state index in [9.17, 15) is 0 Å². The Labute approximate surface area is 181 Å². The molecule has 0 bridgehead atoms. The van der Waals surface area contributed by atoms with E-state index in [-0.39, 0.29) is 0 Å². The summed E-state index contributed by atoms with van der Waals surface area (Å²) < 4.78 is 4.18. The van der Waals surface area contributed by atoms with Crippen molar-refractivity contribution in [3.63, 3.8) is 0 Å². The molecule has 1 aromatic carbocycles. The number of allylic oxidation sites excluding steroid dienone is 1. The Balaban J connectivity index is 1.72. The lowest BCUT2D eigenvalue weighted by Crippen LogP contribution is -2.10. The summed E-state index contributed by atoms with van der Waals surface area (Å²) in [6, 6.07) is 6.43. The standard InChI is InChI=1S/C22H29N7S/c1-14-25-21(22(23)26-14)18(9-7-15-5-6-15)27-17-10-8-16(11-19(17)29(3)30-4)20-12-24-13-28(20)2/h8-13,15,27H,5-7,23H2,1-4H3,(H,25,26)/b18-9+. The highest BCUT2D eigenvalue weighted by atomic mass is 32.2. The summed E-state index contributed by atoms with van der Waals surface area (Å²) in [5.41, 5.74) is 12.3. The lowest BCUT2D eigenvalue weighted by molar-refractivity contribution is 0.863. The van der Waals surface area contributed by atoms with E-state index in [1.165, 1.54) is 12.8 Å². The Bertz CT molecular complexity index is 1060. The van der Waals surface area contributed by atoms with Crippen LogP contribution in [0.4, 0.5) is 17.2 Å². The normalized spacial score (nSPS) is 14.2. The first-order valence-corrected chi connectivity index (χ1v) is 11.3. The number of aromatic nitrogens is 4. The molecule has 0 saturated heterocycles. The van der Waals surface area contributed by atoms with Gasteiger partial charge in [0.1, 0.15) is 11.5 Å². The largest absolute Gasteiger partial charge is 0.382 e. The summed E-state index contributed by atoms with van der Waals surface area (Å²) in [5.74, 6) is 2.12. The van der Waals surface area contributed by atoms with E-state index in [0.29, 0.717) is 5.82 Å². The van der Waals surface area contributed by atoms with Crippen LogP contribution in [0.5, 0.6) is 0 Å². The number of hydrogen-bond acceptors (Lipinski definition) is 6. The van der Waals surface area contributed by atoms with Crippen LogP contribution in [0.25, 0.3) is 17.0 Å². The number of nitrogens with one attached hydrogen (secondary N) is 2. The van der Waals surface area contributed by atoms with E-state index in [1.54, 1.807) is 11.9 Å². The third-order valence-electron chi connectivity index (χ3n) is 5.46. The van der Waals surface area contributed by atoms with Crippen LogP contribution in [0.2, 0.25) is 0 Å². The van der Waals surface area contributed by atoms with Crippen LogP contribution >= 0.6 is 11.9 Å². The van der Waals surface area contributed by atoms with Crippen LogP contribution in [-0.2, 0) is 7.05 Å². The zero-order valence-electron chi connectivity index (χ0n) is 17.9. The maximum Gasteiger partial charge on any atom is 0.151 e. The van der Waals surface area contributed by atoms with Crippen molar-refractivity contribution in [2.75, 3.05) is 28.7 Å². The molecule has 0 amide bonds. The number of rotatable bonds is 8. The number of aryl methyl sites for hydroxylation is 2. The highest BCUT2D eigenvalue weighted by Crippen LogP contribution is 2.37. The fourth-order valence-corrected chi connectivity index (χ4v) is 3.85. The number of H-pyrrole nitrogens is 1. The average molecular weight is 424 g/mol.